The first kappa shape index (κ1) is 19.4. The highest BCUT2D eigenvalue weighted by atomic mass is 32.2. The summed E-state index contributed by atoms with van der Waals surface area (Å²) in [5.74, 6) is -0.185. The van der Waals surface area contributed by atoms with Gasteiger partial charge in [-0.2, -0.15) is 0 Å². The van der Waals surface area contributed by atoms with Crippen LogP contribution in [0.3, 0.4) is 0 Å². The lowest BCUT2D eigenvalue weighted by atomic mass is 10.1. The van der Waals surface area contributed by atoms with Gasteiger partial charge in [-0.05, 0) is 44.9 Å². The summed E-state index contributed by atoms with van der Waals surface area (Å²) in [4.78, 5) is 24.7. The summed E-state index contributed by atoms with van der Waals surface area (Å²) >= 11 is 6.52. The number of nitro groups is 1. The molecule has 23 heavy (non-hydrogen) atoms. The van der Waals surface area contributed by atoms with Gasteiger partial charge in [-0.25, -0.2) is 0 Å². The van der Waals surface area contributed by atoms with Crippen molar-refractivity contribution in [3.05, 3.63) is 33.4 Å². The molecular formula is C15H21N3O3S2. The SMILES string of the molecule is CCN(CC)C(=S)SCC(=O)Nc1cc(C)c(C)cc1[N+](=O)[O-]. The molecule has 0 aliphatic rings. The molecule has 0 radical (unpaired) electrons. The minimum Gasteiger partial charge on any atom is -0.358 e. The third-order valence-electron chi connectivity index (χ3n) is 3.43. The van der Waals surface area contributed by atoms with Gasteiger partial charge in [0.1, 0.15) is 10.0 Å². The molecule has 0 saturated heterocycles. The summed E-state index contributed by atoms with van der Waals surface area (Å²) in [6.07, 6.45) is 0. The van der Waals surface area contributed by atoms with Gasteiger partial charge >= 0.3 is 0 Å². The molecule has 0 aliphatic carbocycles. The van der Waals surface area contributed by atoms with Crippen LogP contribution in [0, 0.1) is 24.0 Å². The second-order valence-electron chi connectivity index (χ2n) is 4.99. The van der Waals surface area contributed by atoms with Gasteiger partial charge in [-0.15, -0.1) is 0 Å². The van der Waals surface area contributed by atoms with Crippen LogP contribution in [0.15, 0.2) is 12.1 Å². The van der Waals surface area contributed by atoms with Crippen molar-refractivity contribution in [1.82, 2.24) is 4.90 Å². The molecule has 0 bridgehead atoms. The first-order valence-electron chi connectivity index (χ1n) is 7.27. The molecule has 1 aromatic carbocycles. The molecule has 0 saturated carbocycles. The Hall–Kier alpha value is -1.67. The Kier molecular flexibility index (Phi) is 7.44. The normalized spacial score (nSPS) is 10.3. The van der Waals surface area contributed by atoms with Crippen molar-refractivity contribution in [2.24, 2.45) is 0 Å². The van der Waals surface area contributed by atoms with Gasteiger partial charge in [-0.3, -0.25) is 14.9 Å². The average Bonchev–Trinajstić information content (AvgIpc) is 2.49. The highest BCUT2D eigenvalue weighted by Crippen LogP contribution is 2.28. The Morgan fingerprint density at radius 2 is 1.87 bits per heavy atom. The van der Waals surface area contributed by atoms with Crippen LogP contribution in [-0.4, -0.2) is 38.9 Å². The topological polar surface area (TPSA) is 75.5 Å². The Bertz CT molecular complexity index is 616. The van der Waals surface area contributed by atoms with E-state index < -0.39 is 4.92 Å². The quantitative estimate of drug-likeness (QED) is 0.478. The van der Waals surface area contributed by atoms with Crippen LogP contribution in [0.4, 0.5) is 11.4 Å². The van der Waals surface area contributed by atoms with E-state index in [1.807, 2.05) is 25.7 Å². The second-order valence-corrected chi connectivity index (χ2v) is 6.59. The number of nitrogens with one attached hydrogen (secondary N) is 1. The second kappa shape index (κ2) is 8.83. The molecule has 126 valence electrons. The van der Waals surface area contributed by atoms with E-state index in [2.05, 4.69) is 5.32 Å². The van der Waals surface area contributed by atoms with E-state index >= 15 is 0 Å². The molecule has 0 unspecified atom stereocenters. The first-order valence-corrected chi connectivity index (χ1v) is 8.66. The summed E-state index contributed by atoms with van der Waals surface area (Å²) in [6, 6.07) is 3.09. The van der Waals surface area contributed by atoms with Gasteiger partial charge in [0.05, 0.1) is 10.7 Å². The van der Waals surface area contributed by atoms with Crippen LogP contribution in [0.25, 0.3) is 0 Å². The van der Waals surface area contributed by atoms with Crippen LogP contribution in [0.5, 0.6) is 0 Å². The van der Waals surface area contributed by atoms with Crippen LogP contribution < -0.4 is 5.32 Å². The van der Waals surface area contributed by atoms with Crippen LogP contribution in [-0.2, 0) is 4.79 Å². The molecule has 0 aliphatic heterocycles. The highest BCUT2D eigenvalue weighted by molar-refractivity contribution is 8.23. The van der Waals surface area contributed by atoms with Gasteiger partial charge in [0, 0.05) is 19.2 Å². The van der Waals surface area contributed by atoms with Crippen molar-refractivity contribution in [3.63, 3.8) is 0 Å². The molecule has 6 nitrogen and oxygen atoms in total. The number of hydrogen-bond acceptors (Lipinski definition) is 5. The zero-order chi connectivity index (χ0) is 17.6. The van der Waals surface area contributed by atoms with E-state index in [0.717, 1.165) is 24.2 Å². The Morgan fingerprint density at radius 3 is 2.39 bits per heavy atom. The number of carbonyl (C=O) groups is 1. The van der Waals surface area contributed by atoms with E-state index in [1.54, 1.807) is 13.0 Å². The number of hydrogen-bond donors (Lipinski definition) is 1. The molecule has 0 heterocycles. The molecular weight excluding hydrogens is 334 g/mol. The predicted molar refractivity (Wildman–Crippen MR) is 99.2 cm³/mol. The molecule has 1 N–H and O–H groups in total. The predicted octanol–water partition coefficient (Wildman–Crippen LogP) is 3.51. The number of nitrogens with zero attached hydrogens (tertiary/aromatic N) is 2. The standard InChI is InChI=1S/C15H21N3O3S2/c1-5-17(6-2)15(22)23-9-14(19)16-12-7-10(3)11(4)8-13(12)18(20)21/h7-8H,5-6,9H2,1-4H3,(H,16,19). The van der Waals surface area contributed by atoms with Crippen molar-refractivity contribution >= 4 is 45.6 Å². The Balaban J connectivity index is 2.76. The minimum absolute atomic E-state index is 0.0993. The summed E-state index contributed by atoms with van der Waals surface area (Å²) in [5.41, 5.74) is 1.82. The number of nitro benzene ring substituents is 1. The van der Waals surface area contributed by atoms with Crippen molar-refractivity contribution in [2.75, 3.05) is 24.2 Å². The van der Waals surface area contributed by atoms with E-state index in [9.17, 15) is 14.9 Å². The Morgan fingerprint density at radius 1 is 1.30 bits per heavy atom. The van der Waals surface area contributed by atoms with Gasteiger partial charge in [0.15, 0.2) is 0 Å². The zero-order valence-electron chi connectivity index (χ0n) is 13.7. The summed E-state index contributed by atoms with van der Waals surface area (Å²) in [7, 11) is 0. The van der Waals surface area contributed by atoms with E-state index in [1.165, 1.54) is 17.8 Å². The maximum Gasteiger partial charge on any atom is 0.293 e. The van der Waals surface area contributed by atoms with E-state index in [0.29, 0.717) is 4.32 Å². The molecule has 1 rings (SSSR count). The lowest BCUT2D eigenvalue weighted by molar-refractivity contribution is -0.384. The molecule has 0 fully saturated rings. The zero-order valence-corrected chi connectivity index (χ0v) is 15.3. The summed E-state index contributed by atoms with van der Waals surface area (Å²) in [6.45, 7) is 9.20. The molecule has 1 aromatic rings. The average molecular weight is 355 g/mol. The van der Waals surface area contributed by atoms with Gasteiger partial charge in [-0.1, -0.05) is 24.0 Å². The van der Waals surface area contributed by atoms with Gasteiger partial charge in [0.25, 0.3) is 5.69 Å². The fourth-order valence-electron chi connectivity index (χ4n) is 1.94. The smallest absolute Gasteiger partial charge is 0.293 e. The van der Waals surface area contributed by atoms with E-state index in [-0.39, 0.29) is 23.0 Å². The molecule has 0 aromatic heterocycles. The third kappa shape index (κ3) is 5.47. The maximum atomic E-state index is 12.1. The largest absolute Gasteiger partial charge is 0.358 e. The minimum atomic E-state index is -0.490. The fourth-order valence-corrected chi connectivity index (χ4v) is 3.14. The van der Waals surface area contributed by atoms with Crippen molar-refractivity contribution in [3.8, 4) is 0 Å². The number of benzene rings is 1. The molecule has 0 atom stereocenters. The fraction of sp³-hybridized carbons (Fsp3) is 0.467. The Labute approximate surface area is 145 Å². The maximum absolute atomic E-state index is 12.1. The highest BCUT2D eigenvalue weighted by Gasteiger charge is 2.18. The summed E-state index contributed by atoms with van der Waals surface area (Å²) in [5, 5.41) is 13.7. The van der Waals surface area contributed by atoms with Crippen LogP contribution in [0.1, 0.15) is 25.0 Å². The number of thioether (sulfide) groups is 1. The van der Waals surface area contributed by atoms with Gasteiger partial charge < -0.3 is 10.2 Å². The lowest BCUT2D eigenvalue weighted by Crippen LogP contribution is -2.28. The number of amides is 1. The first-order chi connectivity index (χ1) is 10.8. The molecule has 8 heteroatoms. The van der Waals surface area contributed by atoms with Crippen molar-refractivity contribution < 1.29 is 9.72 Å². The molecule has 0 spiro atoms. The van der Waals surface area contributed by atoms with E-state index in [4.69, 9.17) is 12.2 Å². The van der Waals surface area contributed by atoms with Gasteiger partial charge in [0.2, 0.25) is 5.91 Å². The number of anilines is 1. The van der Waals surface area contributed by atoms with Crippen molar-refractivity contribution in [2.45, 2.75) is 27.7 Å². The van der Waals surface area contributed by atoms with Crippen LogP contribution in [0.2, 0.25) is 0 Å². The number of thiocarbonyl (C=S) groups is 1. The van der Waals surface area contributed by atoms with Crippen LogP contribution >= 0.6 is 24.0 Å². The number of rotatable bonds is 6. The third-order valence-corrected chi connectivity index (χ3v) is 4.95. The van der Waals surface area contributed by atoms with Crippen molar-refractivity contribution in [1.29, 1.82) is 0 Å². The number of aryl methyl sites for hydroxylation is 2. The number of carbonyl (C=O) groups excluding carboxylic acids is 1. The monoisotopic (exact) mass is 355 g/mol. The summed E-state index contributed by atoms with van der Waals surface area (Å²) < 4.78 is 0.653. The lowest BCUT2D eigenvalue weighted by Gasteiger charge is -2.20. The molecule has 1 amide bonds.